The van der Waals surface area contributed by atoms with E-state index in [0.717, 1.165) is 13.0 Å². The number of nitrogens with two attached hydrogens (primary N) is 1. The van der Waals surface area contributed by atoms with Crippen molar-refractivity contribution in [1.82, 2.24) is 5.32 Å². The van der Waals surface area contributed by atoms with Crippen molar-refractivity contribution in [3.05, 3.63) is 35.9 Å². The molecule has 90 valence electrons. The van der Waals surface area contributed by atoms with E-state index in [1.165, 1.54) is 18.4 Å². The van der Waals surface area contributed by atoms with Gasteiger partial charge in [0.05, 0.1) is 0 Å². The first-order valence-electron chi connectivity index (χ1n) is 6.27. The molecule has 0 aliphatic heterocycles. The van der Waals surface area contributed by atoms with E-state index in [4.69, 9.17) is 5.73 Å². The van der Waals surface area contributed by atoms with Gasteiger partial charge in [-0.1, -0.05) is 43.7 Å². The molecule has 0 aromatic heterocycles. The zero-order chi connectivity index (χ0) is 11.8. The van der Waals surface area contributed by atoms with E-state index in [-0.39, 0.29) is 6.04 Å². The van der Waals surface area contributed by atoms with Crippen LogP contribution >= 0.6 is 0 Å². The highest BCUT2D eigenvalue weighted by Crippen LogP contribution is 2.05. The largest absolute Gasteiger partial charge is 0.327 e. The van der Waals surface area contributed by atoms with Gasteiger partial charge in [0.25, 0.3) is 0 Å². The highest BCUT2D eigenvalue weighted by molar-refractivity contribution is 5.16. The van der Waals surface area contributed by atoms with Gasteiger partial charge in [0.15, 0.2) is 0 Å². The lowest BCUT2D eigenvalue weighted by molar-refractivity contribution is 0.440. The second-order valence-corrected chi connectivity index (χ2v) is 4.46. The molecule has 0 saturated heterocycles. The molecule has 0 aliphatic rings. The van der Waals surface area contributed by atoms with E-state index in [9.17, 15) is 0 Å². The van der Waals surface area contributed by atoms with Gasteiger partial charge in [0.2, 0.25) is 0 Å². The van der Waals surface area contributed by atoms with Crippen molar-refractivity contribution in [2.75, 3.05) is 6.54 Å². The SMILES string of the molecule is CCCCNC(Cc1ccccc1)C(C)N. The third-order valence-corrected chi connectivity index (χ3v) is 2.87. The molecule has 1 aromatic rings. The molecule has 1 rings (SSSR count). The molecule has 0 fully saturated rings. The van der Waals surface area contributed by atoms with E-state index >= 15 is 0 Å². The van der Waals surface area contributed by atoms with E-state index in [2.05, 4.69) is 49.5 Å². The monoisotopic (exact) mass is 220 g/mol. The Hall–Kier alpha value is -0.860. The van der Waals surface area contributed by atoms with Gasteiger partial charge in [-0.25, -0.2) is 0 Å². The Morgan fingerprint density at radius 2 is 1.94 bits per heavy atom. The van der Waals surface area contributed by atoms with Crippen molar-refractivity contribution in [3.8, 4) is 0 Å². The minimum absolute atomic E-state index is 0.192. The summed E-state index contributed by atoms with van der Waals surface area (Å²) < 4.78 is 0. The number of rotatable bonds is 7. The average Bonchev–Trinajstić information content (AvgIpc) is 2.29. The summed E-state index contributed by atoms with van der Waals surface area (Å²) in [6.45, 7) is 5.35. The number of nitrogens with one attached hydrogen (secondary N) is 1. The van der Waals surface area contributed by atoms with Crippen molar-refractivity contribution in [1.29, 1.82) is 0 Å². The highest BCUT2D eigenvalue weighted by Gasteiger charge is 2.12. The first-order chi connectivity index (χ1) is 7.74. The molecule has 0 bridgehead atoms. The van der Waals surface area contributed by atoms with Crippen LogP contribution in [0.3, 0.4) is 0 Å². The fourth-order valence-corrected chi connectivity index (χ4v) is 1.78. The van der Waals surface area contributed by atoms with Crippen LogP contribution in [0.5, 0.6) is 0 Å². The number of benzene rings is 1. The first-order valence-corrected chi connectivity index (χ1v) is 6.27. The van der Waals surface area contributed by atoms with Crippen LogP contribution in [0.25, 0.3) is 0 Å². The Morgan fingerprint density at radius 1 is 1.25 bits per heavy atom. The molecule has 16 heavy (non-hydrogen) atoms. The van der Waals surface area contributed by atoms with Gasteiger partial charge >= 0.3 is 0 Å². The molecule has 2 nitrogen and oxygen atoms in total. The molecule has 1 aromatic carbocycles. The minimum atomic E-state index is 0.192. The molecule has 3 N–H and O–H groups in total. The molecule has 2 atom stereocenters. The van der Waals surface area contributed by atoms with Crippen LogP contribution < -0.4 is 11.1 Å². The molecule has 0 spiro atoms. The van der Waals surface area contributed by atoms with E-state index in [0.29, 0.717) is 6.04 Å². The second-order valence-electron chi connectivity index (χ2n) is 4.46. The number of hydrogen-bond acceptors (Lipinski definition) is 2. The maximum atomic E-state index is 6.00. The van der Waals surface area contributed by atoms with Crippen LogP contribution in [0.4, 0.5) is 0 Å². The van der Waals surface area contributed by atoms with Crippen LogP contribution in [-0.2, 0) is 6.42 Å². The van der Waals surface area contributed by atoms with Gasteiger partial charge in [0, 0.05) is 12.1 Å². The fourth-order valence-electron chi connectivity index (χ4n) is 1.78. The predicted octanol–water partition coefficient (Wildman–Crippen LogP) is 2.33. The molecular formula is C14H24N2. The Balaban J connectivity index is 2.45. The fraction of sp³-hybridized carbons (Fsp3) is 0.571. The lowest BCUT2D eigenvalue weighted by atomic mass is 10.0. The van der Waals surface area contributed by atoms with E-state index in [1.807, 2.05) is 0 Å². The van der Waals surface area contributed by atoms with Gasteiger partial charge in [-0.2, -0.15) is 0 Å². The summed E-state index contributed by atoms with van der Waals surface area (Å²) in [5, 5.41) is 3.54. The van der Waals surface area contributed by atoms with Crippen molar-refractivity contribution >= 4 is 0 Å². The van der Waals surface area contributed by atoms with Crippen molar-refractivity contribution < 1.29 is 0 Å². The van der Waals surface area contributed by atoms with Crippen molar-refractivity contribution in [2.45, 2.75) is 45.2 Å². The van der Waals surface area contributed by atoms with Gasteiger partial charge in [0.1, 0.15) is 0 Å². The van der Waals surface area contributed by atoms with Crippen molar-refractivity contribution in [3.63, 3.8) is 0 Å². The van der Waals surface area contributed by atoms with Gasteiger partial charge < -0.3 is 11.1 Å². The molecule has 2 unspecified atom stereocenters. The maximum Gasteiger partial charge on any atom is 0.0256 e. The van der Waals surface area contributed by atoms with Gasteiger partial charge in [-0.05, 0) is 31.9 Å². The summed E-state index contributed by atoms with van der Waals surface area (Å²) in [4.78, 5) is 0. The molecule has 0 saturated carbocycles. The number of unbranched alkanes of at least 4 members (excludes halogenated alkanes) is 1. The van der Waals surface area contributed by atoms with Crippen LogP contribution in [0.2, 0.25) is 0 Å². The average molecular weight is 220 g/mol. The smallest absolute Gasteiger partial charge is 0.0256 e. The Bertz CT molecular complexity index is 269. The third-order valence-electron chi connectivity index (χ3n) is 2.87. The molecular weight excluding hydrogens is 196 g/mol. The van der Waals surface area contributed by atoms with Gasteiger partial charge in [-0.3, -0.25) is 0 Å². The third kappa shape index (κ3) is 4.77. The Labute approximate surface area is 99.2 Å². The predicted molar refractivity (Wildman–Crippen MR) is 70.5 cm³/mol. The summed E-state index contributed by atoms with van der Waals surface area (Å²) in [6.07, 6.45) is 3.46. The summed E-state index contributed by atoms with van der Waals surface area (Å²) in [5.74, 6) is 0. The van der Waals surface area contributed by atoms with Crippen LogP contribution in [0.1, 0.15) is 32.3 Å². The van der Waals surface area contributed by atoms with E-state index < -0.39 is 0 Å². The second kappa shape index (κ2) is 7.42. The summed E-state index contributed by atoms with van der Waals surface area (Å²) in [5.41, 5.74) is 7.36. The first kappa shape index (κ1) is 13.2. The van der Waals surface area contributed by atoms with Crippen LogP contribution in [0.15, 0.2) is 30.3 Å². The molecule has 2 heteroatoms. The van der Waals surface area contributed by atoms with Crippen LogP contribution in [-0.4, -0.2) is 18.6 Å². The topological polar surface area (TPSA) is 38.0 Å². The molecule has 0 radical (unpaired) electrons. The minimum Gasteiger partial charge on any atom is -0.327 e. The standard InChI is InChI=1S/C14H24N2/c1-3-4-10-16-14(12(2)15)11-13-8-6-5-7-9-13/h5-9,12,14,16H,3-4,10-11,15H2,1-2H3. The molecule has 0 heterocycles. The Kier molecular flexibility index (Phi) is 6.12. The van der Waals surface area contributed by atoms with E-state index in [1.54, 1.807) is 0 Å². The summed E-state index contributed by atoms with van der Waals surface area (Å²) in [7, 11) is 0. The summed E-state index contributed by atoms with van der Waals surface area (Å²) in [6, 6.07) is 11.1. The zero-order valence-corrected chi connectivity index (χ0v) is 10.4. The molecule has 0 amide bonds. The lowest BCUT2D eigenvalue weighted by Crippen LogP contribution is -2.45. The lowest BCUT2D eigenvalue weighted by Gasteiger charge is -2.22. The van der Waals surface area contributed by atoms with Gasteiger partial charge in [-0.15, -0.1) is 0 Å². The quantitative estimate of drug-likeness (QED) is 0.692. The summed E-state index contributed by atoms with van der Waals surface area (Å²) >= 11 is 0. The normalized spacial score (nSPS) is 14.7. The maximum absolute atomic E-state index is 6.00. The van der Waals surface area contributed by atoms with Crippen LogP contribution in [0, 0.1) is 0 Å². The zero-order valence-electron chi connectivity index (χ0n) is 10.4. The highest BCUT2D eigenvalue weighted by atomic mass is 14.9. The van der Waals surface area contributed by atoms with Crippen molar-refractivity contribution in [2.24, 2.45) is 5.73 Å². The number of hydrogen-bond donors (Lipinski definition) is 2. The molecule has 0 aliphatic carbocycles. The Morgan fingerprint density at radius 3 is 2.50 bits per heavy atom.